The molecular formula is C11H16N2O2. The SMILES string of the molecule is CN(C)CCCNC1=CC(=O)C=CC1=O. The molecule has 82 valence electrons. The molecule has 1 rings (SSSR count). The minimum absolute atomic E-state index is 0.126. The maximum atomic E-state index is 11.3. The number of nitrogens with zero attached hydrogens (tertiary/aromatic N) is 1. The van der Waals surface area contributed by atoms with E-state index in [2.05, 4.69) is 10.2 Å². The van der Waals surface area contributed by atoms with Gasteiger partial charge in [-0.15, -0.1) is 0 Å². The van der Waals surface area contributed by atoms with E-state index < -0.39 is 0 Å². The minimum Gasteiger partial charge on any atom is -0.382 e. The molecule has 0 aromatic carbocycles. The molecule has 0 aromatic heterocycles. The van der Waals surface area contributed by atoms with Crippen LogP contribution in [0.1, 0.15) is 6.42 Å². The van der Waals surface area contributed by atoms with Crippen molar-refractivity contribution >= 4 is 11.6 Å². The first-order valence-electron chi connectivity index (χ1n) is 4.96. The van der Waals surface area contributed by atoms with E-state index in [9.17, 15) is 9.59 Å². The predicted molar refractivity (Wildman–Crippen MR) is 58.4 cm³/mol. The van der Waals surface area contributed by atoms with Crippen LogP contribution >= 0.6 is 0 Å². The Balaban J connectivity index is 2.32. The smallest absolute Gasteiger partial charge is 0.201 e. The van der Waals surface area contributed by atoms with Crippen molar-refractivity contribution in [2.45, 2.75) is 6.42 Å². The second-order valence-electron chi connectivity index (χ2n) is 3.74. The molecule has 0 bridgehead atoms. The van der Waals surface area contributed by atoms with E-state index in [0.717, 1.165) is 13.0 Å². The standard InChI is InChI=1S/C11H16N2O2/c1-13(2)7-3-6-12-10-8-9(14)4-5-11(10)15/h4-5,8,12H,3,6-7H2,1-2H3. The van der Waals surface area contributed by atoms with E-state index in [1.54, 1.807) is 0 Å². The number of allylic oxidation sites excluding steroid dienone is 3. The third kappa shape index (κ3) is 4.08. The molecule has 1 N–H and O–H groups in total. The van der Waals surface area contributed by atoms with Crippen LogP contribution in [0.15, 0.2) is 23.9 Å². The van der Waals surface area contributed by atoms with Gasteiger partial charge >= 0.3 is 0 Å². The second kappa shape index (κ2) is 5.46. The van der Waals surface area contributed by atoms with Gasteiger partial charge in [-0.05, 0) is 39.2 Å². The van der Waals surface area contributed by atoms with E-state index in [1.165, 1.54) is 18.2 Å². The Hall–Kier alpha value is -1.42. The summed E-state index contributed by atoms with van der Waals surface area (Å²) in [4.78, 5) is 24.4. The van der Waals surface area contributed by atoms with E-state index in [4.69, 9.17) is 0 Å². The van der Waals surface area contributed by atoms with Gasteiger partial charge in [-0.2, -0.15) is 0 Å². The van der Waals surface area contributed by atoms with Crippen LogP contribution in [-0.4, -0.2) is 43.7 Å². The van der Waals surface area contributed by atoms with Crippen LogP contribution in [0.3, 0.4) is 0 Å². The average Bonchev–Trinajstić information content (AvgIpc) is 2.17. The highest BCUT2D eigenvalue weighted by Gasteiger charge is 2.11. The monoisotopic (exact) mass is 208 g/mol. The molecule has 1 aliphatic carbocycles. The number of carbonyl (C=O) groups excluding carboxylic acids is 2. The van der Waals surface area contributed by atoms with Gasteiger partial charge in [0.1, 0.15) is 0 Å². The van der Waals surface area contributed by atoms with Gasteiger partial charge in [-0.1, -0.05) is 0 Å². The van der Waals surface area contributed by atoms with Crippen LogP contribution in [0.25, 0.3) is 0 Å². The summed E-state index contributed by atoms with van der Waals surface area (Å²) in [7, 11) is 3.99. The second-order valence-corrected chi connectivity index (χ2v) is 3.74. The Labute approximate surface area is 89.6 Å². The van der Waals surface area contributed by atoms with E-state index in [0.29, 0.717) is 12.2 Å². The summed E-state index contributed by atoms with van der Waals surface area (Å²) in [5.74, 6) is -0.260. The van der Waals surface area contributed by atoms with Crippen molar-refractivity contribution in [3.05, 3.63) is 23.9 Å². The average molecular weight is 208 g/mol. The van der Waals surface area contributed by atoms with Crippen LogP contribution in [0.5, 0.6) is 0 Å². The fourth-order valence-electron chi connectivity index (χ4n) is 1.27. The van der Waals surface area contributed by atoms with E-state index in [-0.39, 0.29) is 11.6 Å². The van der Waals surface area contributed by atoms with Gasteiger partial charge in [0, 0.05) is 12.6 Å². The lowest BCUT2D eigenvalue weighted by Gasteiger charge is -2.12. The maximum absolute atomic E-state index is 11.3. The number of ketones is 2. The van der Waals surface area contributed by atoms with Gasteiger partial charge in [-0.25, -0.2) is 0 Å². The highest BCUT2D eigenvalue weighted by Crippen LogP contribution is 2.01. The quantitative estimate of drug-likeness (QED) is 0.515. The Morgan fingerprint density at radius 3 is 2.67 bits per heavy atom. The molecule has 4 nitrogen and oxygen atoms in total. The Bertz CT molecular complexity index is 317. The largest absolute Gasteiger partial charge is 0.382 e. The number of carbonyl (C=O) groups is 2. The first kappa shape index (κ1) is 11.7. The van der Waals surface area contributed by atoms with E-state index in [1.807, 2.05) is 14.1 Å². The highest BCUT2D eigenvalue weighted by molar-refractivity contribution is 6.16. The fraction of sp³-hybridized carbons (Fsp3) is 0.455. The summed E-state index contributed by atoms with van der Waals surface area (Å²) in [6, 6.07) is 0. The van der Waals surface area contributed by atoms with Crippen LogP contribution < -0.4 is 5.32 Å². The molecule has 4 heteroatoms. The highest BCUT2D eigenvalue weighted by atomic mass is 16.1. The first-order chi connectivity index (χ1) is 7.09. The van der Waals surface area contributed by atoms with Gasteiger partial charge in [-0.3, -0.25) is 9.59 Å². The Morgan fingerprint density at radius 1 is 1.27 bits per heavy atom. The lowest BCUT2D eigenvalue weighted by Crippen LogP contribution is -2.26. The molecule has 0 radical (unpaired) electrons. The zero-order chi connectivity index (χ0) is 11.3. The normalized spacial score (nSPS) is 15.8. The molecule has 0 fully saturated rings. The molecule has 15 heavy (non-hydrogen) atoms. The van der Waals surface area contributed by atoms with Crippen LogP contribution in [0.4, 0.5) is 0 Å². The molecule has 1 aliphatic rings. The third-order valence-corrected chi connectivity index (χ3v) is 2.05. The zero-order valence-corrected chi connectivity index (χ0v) is 9.12. The summed E-state index contributed by atoms with van der Waals surface area (Å²) in [6.45, 7) is 1.66. The lowest BCUT2D eigenvalue weighted by molar-refractivity contribution is -0.114. The van der Waals surface area contributed by atoms with Crippen LogP contribution in [-0.2, 0) is 9.59 Å². The van der Waals surface area contributed by atoms with Crippen molar-refractivity contribution < 1.29 is 9.59 Å². The van der Waals surface area contributed by atoms with Crippen molar-refractivity contribution in [2.24, 2.45) is 0 Å². The van der Waals surface area contributed by atoms with Crippen molar-refractivity contribution in [3.63, 3.8) is 0 Å². The summed E-state index contributed by atoms with van der Waals surface area (Å²) < 4.78 is 0. The number of rotatable bonds is 5. The molecule has 0 saturated carbocycles. The first-order valence-corrected chi connectivity index (χ1v) is 4.96. The van der Waals surface area contributed by atoms with Crippen LogP contribution in [0, 0.1) is 0 Å². The summed E-state index contributed by atoms with van der Waals surface area (Å²) in [5, 5.41) is 2.97. The predicted octanol–water partition coefficient (Wildman–Crippen LogP) is 0.120. The molecule has 0 heterocycles. The Morgan fingerprint density at radius 2 is 2.00 bits per heavy atom. The number of hydrogen-bond donors (Lipinski definition) is 1. The molecule has 0 spiro atoms. The van der Waals surface area contributed by atoms with Gasteiger partial charge < -0.3 is 10.2 Å². The molecule has 0 aliphatic heterocycles. The Kier molecular flexibility index (Phi) is 4.24. The molecule has 0 unspecified atom stereocenters. The maximum Gasteiger partial charge on any atom is 0.201 e. The van der Waals surface area contributed by atoms with Crippen molar-refractivity contribution in [1.82, 2.24) is 10.2 Å². The minimum atomic E-state index is -0.135. The van der Waals surface area contributed by atoms with Gasteiger partial charge in [0.15, 0.2) is 5.78 Å². The molecule has 0 aromatic rings. The van der Waals surface area contributed by atoms with Crippen molar-refractivity contribution in [3.8, 4) is 0 Å². The molecular weight excluding hydrogens is 192 g/mol. The summed E-state index contributed by atoms with van der Waals surface area (Å²) in [5.41, 5.74) is 0.404. The van der Waals surface area contributed by atoms with Crippen LogP contribution in [0.2, 0.25) is 0 Å². The van der Waals surface area contributed by atoms with Gasteiger partial charge in [0.2, 0.25) is 5.78 Å². The van der Waals surface area contributed by atoms with Crippen molar-refractivity contribution in [1.29, 1.82) is 0 Å². The number of hydrogen-bond acceptors (Lipinski definition) is 4. The third-order valence-electron chi connectivity index (χ3n) is 2.05. The van der Waals surface area contributed by atoms with Gasteiger partial charge in [0.25, 0.3) is 0 Å². The number of nitrogens with one attached hydrogen (secondary N) is 1. The van der Waals surface area contributed by atoms with E-state index >= 15 is 0 Å². The molecule has 0 saturated heterocycles. The summed E-state index contributed by atoms with van der Waals surface area (Å²) >= 11 is 0. The van der Waals surface area contributed by atoms with Gasteiger partial charge in [0.05, 0.1) is 5.70 Å². The topological polar surface area (TPSA) is 49.4 Å². The zero-order valence-electron chi connectivity index (χ0n) is 9.12. The fourth-order valence-corrected chi connectivity index (χ4v) is 1.27. The lowest BCUT2D eigenvalue weighted by atomic mass is 10.1. The van der Waals surface area contributed by atoms with Crippen molar-refractivity contribution in [2.75, 3.05) is 27.2 Å². The molecule has 0 amide bonds. The molecule has 0 atom stereocenters. The summed E-state index contributed by atoms with van der Waals surface area (Å²) in [6.07, 6.45) is 4.87.